The van der Waals surface area contributed by atoms with E-state index >= 15 is 0 Å². The van der Waals surface area contributed by atoms with Gasteiger partial charge in [0, 0.05) is 18.0 Å². The van der Waals surface area contributed by atoms with Crippen LogP contribution in [0.2, 0.25) is 0 Å². The molecule has 0 aromatic heterocycles. The third kappa shape index (κ3) is 3.46. The van der Waals surface area contributed by atoms with Gasteiger partial charge in [0.25, 0.3) is 11.8 Å². The summed E-state index contributed by atoms with van der Waals surface area (Å²) in [5.74, 6) is -24.2. The van der Waals surface area contributed by atoms with E-state index in [0.717, 1.165) is 23.1 Å². The molecule has 0 bridgehead atoms. The number of alkyl halides is 2. The molecule has 1 saturated carbocycles. The fraction of sp³-hybridized carbons (Fsp3) is 0.357. The molecule has 0 unspecified atom stereocenters. The second-order valence-electron chi connectivity index (χ2n) is 10.8. The average Bonchev–Trinajstić information content (AvgIpc) is 3.31. The van der Waals surface area contributed by atoms with Crippen molar-refractivity contribution in [2.45, 2.75) is 35.4 Å². The highest BCUT2D eigenvalue weighted by atomic mass is 35.5. The number of likely N-dealkylation sites (tertiary alicyclic amines) is 1. The number of anilines is 1. The summed E-state index contributed by atoms with van der Waals surface area (Å²) in [4.78, 5) is 49.5. The molecule has 2 aromatic carbocycles. The van der Waals surface area contributed by atoms with Crippen molar-refractivity contribution in [3.05, 3.63) is 70.3 Å². The predicted octanol–water partition coefficient (Wildman–Crippen LogP) is 4.81. The summed E-state index contributed by atoms with van der Waals surface area (Å²) in [6.45, 7) is 1.57. The highest BCUT2D eigenvalue weighted by molar-refractivity contribution is 6.58. The van der Waals surface area contributed by atoms with Crippen molar-refractivity contribution in [2.75, 3.05) is 11.4 Å². The third-order valence-corrected chi connectivity index (χ3v) is 10.4. The first-order valence-electron chi connectivity index (χ1n) is 13.0. The Hall–Kier alpha value is -3.58. The van der Waals surface area contributed by atoms with Crippen LogP contribution in [0.25, 0.3) is 0 Å². The Morgan fingerprint density at radius 1 is 0.884 bits per heavy atom. The number of amides is 4. The molecule has 226 valence electrons. The lowest BCUT2D eigenvalue weighted by atomic mass is 9.56. The van der Waals surface area contributed by atoms with Crippen molar-refractivity contribution in [1.82, 2.24) is 4.90 Å². The molecular weight excluding hydrogens is 629 g/mol. The van der Waals surface area contributed by atoms with E-state index in [0.29, 0.717) is 0 Å². The van der Waals surface area contributed by atoms with Gasteiger partial charge in [-0.2, -0.15) is 0 Å². The number of phenols is 1. The zero-order valence-corrected chi connectivity index (χ0v) is 23.3. The van der Waals surface area contributed by atoms with Crippen LogP contribution in [-0.4, -0.2) is 49.9 Å². The summed E-state index contributed by atoms with van der Waals surface area (Å²) in [6, 6.07) is 3.13. The molecule has 0 spiro atoms. The monoisotopic (exact) mass is 646 g/mol. The van der Waals surface area contributed by atoms with Crippen molar-refractivity contribution in [3.63, 3.8) is 0 Å². The Labute approximate surface area is 248 Å². The lowest BCUT2D eigenvalue weighted by molar-refractivity contribution is -0.140. The number of hydrogen-bond acceptors (Lipinski definition) is 5. The molecule has 2 aromatic rings. The lowest BCUT2D eigenvalue weighted by Crippen LogP contribution is -2.60. The summed E-state index contributed by atoms with van der Waals surface area (Å²) < 4.78 is 86.9. The highest BCUT2D eigenvalue weighted by Crippen LogP contribution is 2.66. The Bertz CT molecular complexity index is 1690. The minimum absolute atomic E-state index is 0.0116. The summed E-state index contributed by atoms with van der Waals surface area (Å²) in [5, 5.41) is 10.7. The predicted molar refractivity (Wildman–Crippen MR) is 137 cm³/mol. The fourth-order valence-electron chi connectivity index (χ4n) is 7.05. The average molecular weight is 647 g/mol. The minimum Gasteiger partial charge on any atom is -0.505 e. The van der Waals surface area contributed by atoms with Gasteiger partial charge < -0.3 is 5.11 Å². The van der Waals surface area contributed by atoms with Gasteiger partial charge in [0.1, 0.15) is 5.69 Å². The van der Waals surface area contributed by atoms with E-state index in [4.69, 9.17) is 23.2 Å². The molecule has 1 N–H and O–H groups in total. The Morgan fingerprint density at radius 2 is 1.49 bits per heavy atom. The molecule has 2 aliphatic heterocycles. The van der Waals surface area contributed by atoms with Crippen LogP contribution in [0, 0.1) is 52.7 Å². The number of carbonyl (C=O) groups is 4. The van der Waals surface area contributed by atoms with Crippen LogP contribution >= 0.6 is 23.2 Å². The van der Waals surface area contributed by atoms with Crippen LogP contribution in [0.1, 0.15) is 31.2 Å². The number of allylic oxidation sites excluding steroid dienone is 2. The van der Waals surface area contributed by atoms with Gasteiger partial charge in [-0.3, -0.25) is 24.1 Å². The third-order valence-electron chi connectivity index (χ3n) is 8.96. The van der Waals surface area contributed by atoms with Gasteiger partial charge in [-0.05, 0) is 31.7 Å². The molecule has 6 atom stereocenters. The maximum Gasteiger partial charge on any atom is 0.258 e. The Kier molecular flexibility index (Phi) is 6.49. The molecular formula is C28H18Cl2F6N2O5. The van der Waals surface area contributed by atoms with Crippen LogP contribution in [0.15, 0.2) is 29.8 Å². The summed E-state index contributed by atoms with van der Waals surface area (Å²) in [7, 11) is 0. The van der Waals surface area contributed by atoms with Crippen LogP contribution in [0.5, 0.6) is 5.75 Å². The second-order valence-corrected chi connectivity index (χ2v) is 12.0. The smallest absolute Gasteiger partial charge is 0.258 e. The molecule has 4 amide bonds. The van der Waals surface area contributed by atoms with E-state index < -0.39 is 115 Å². The molecule has 3 fully saturated rings. The van der Waals surface area contributed by atoms with Gasteiger partial charge in [-0.15, -0.1) is 23.2 Å². The maximum atomic E-state index is 15.0. The van der Waals surface area contributed by atoms with Crippen molar-refractivity contribution in [2.24, 2.45) is 17.8 Å². The van der Waals surface area contributed by atoms with Gasteiger partial charge >= 0.3 is 0 Å². The van der Waals surface area contributed by atoms with Crippen LogP contribution in [0.4, 0.5) is 32.0 Å². The standard InChI is InChI=1S/C28H18Cl2F6N2O5/c1-2-37-23(40)10-7-6-9-12(14(10)24(37)41)8-27(29)25(42)38(21-19(35)17(33)16(32)18(34)20(21)36)26(43)28(27,30)15(9)11-4-3-5-13(31)22(11)39/h3-6,10,12,14-15,39H,2,7-8H2,1H3/t10-,12+,14-,15+,27+,28-/m0/s1. The quantitative estimate of drug-likeness (QED) is 0.129. The number of para-hydroxylation sites is 1. The minimum atomic E-state index is -2.84. The van der Waals surface area contributed by atoms with Gasteiger partial charge in [-0.25, -0.2) is 31.2 Å². The number of rotatable bonds is 3. The first kappa shape index (κ1) is 29.5. The number of carbonyl (C=O) groups excluding carboxylic acids is 4. The Morgan fingerprint density at radius 3 is 2.09 bits per heavy atom. The van der Waals surface area contributed by atoms with E-state index in [1.165, 1.54) is 6.08 Å². The number of benzene rings is 2. The zero-order chi connectivity index (χ0) is 31.5. The van der Waals surface area contributed by atoms with E-state index in [-0.39, 0.29) is 23.4 Å². The first-order valence-corrected chi connectivity index (χ1v) is 13.7. The van der Waals surface area contributed by atoms with Gasteiger partial charge in [-0.1, -0.05) is 23.8 Å². The van der Waals surface area contributed by atoms with Crippen molar-refractivity contribution in [3.8, 4) is 5.75 Å². The molecule has 2 saturated heterocycles. The second kappa shape index (κ2) is 9.46. The van der Waals surface area contributed by atoms with Gasteiger partial charge in [0.05, 0.1) is 11.8 Å². The topological polar surface area (TPSA) is 95.0 Å². The van der Waals surface area contributed by atoms with Crippen LogP contribution < -0.4 is 4.90 Å². The molecule has 0 radical (unpaired) electrons. The van der Waals surface area contributed by atoms with E-state index in [9.17, 15) is 50.6 Å². The lowest BCUT2D eigenvalue weighted by Gasteiger charge is -2.50. The van der Waals surface area contributed by atoms with Gasteiger partial charge in [0.15, 0.2) is 44.6 Å². The van der Waals surface area contributed by atoms with E-state index in [1.54, 1.807) is 6.92 Å². The van der Waals surface area contributed by atoms with Crippen LogP contribution in [0.3, 0.4) is 0 Å². The number of halogens is 8. The first-order chi connectivity index (χ1) is 20.1. The number of fused-ring (bicyclic) bond motifs is 4. The number of phenolic OH excluding ortho intramolecular Hbond substituents is 1. The largest absolute Gasteiger partial charge is 0.505 e. The number of imide groups is 2. The molecule has 15 heteroatoms. The molecule has 6 rings (SSSR count). The number of aromatic hydroxyl groups is 1. The van der Waals surface area contributed by atoms with Crippen molar-refractivity contribution in [1.29, 1.82) is 0 Å². The maximum absolute atomic E-state index is 15.0. The number of nitrogens with zero attached hydrogens (tertiary/aromatic N) is 2. The summed E-state index contributed by atoms with van der Waals surface area (Å²) in [5.41, 5.74) is -2.23. The molecule has 2 aliphatic carbocycles. The van der Waals surface area contributed by atoms with Crippen LogP contribution in [-0.2, 0) is 19.2 Å². The summed E-state index contributed by atoms with van der Waals surface area (Å²) in [6.07, 6.45) is 0.700. The molecule has 43 heavy (non-hydrogen) atoms. The molecule has 2 heterocycles. The van der Waals surface area contributed by atoms with E-state index in [1.807, 2.05) is 0 Å². The highest BCUT2D eigenvalue weighted by Gasteiger charge is 2.77. The Balaban J connectivity index is 1.63. The SMILES string of the molecule is CCN1C(=O)[C@H]2[C@H](CC=C3[C@H]2C[C@@]2(Cl)C(=O)N(c4c(F)c(F)c(F)c(F)c4F)C(=O)[C@@]2(Cl)[C@H]3c2cccc(F)c2O)C1=O. The fourth-order valence-corrected chi connectivity index (χ4v) is 7.98. The number of hydrogen-bond donors (Lipinski definition) is 1. The molecule has 7 nitrogen and oxygen atoms in total. The van der Waals surface area contributed by atoms with E-state index in [2.05, 4.69) is 0 Å². The normalized spacial score (nSPS) is 31.8. The summed E-state index contributed by atoms with van der Waals surface area (Å²) >= 11 is 13.8. The molecule has 4 aliphatic rings. The van der Waals surface area contributed by atoms with Crippen molar-refractivity contribution >= 4 is 52.5 Å². The van der Waals surface area contributed by atoms with Gasteiger partial charge in [0.2, 0.25) is 17.6 Å². The van der Waals surface area contributed by atoms with Crippen molar-refractivity contribution < 1.29 is 50.6 Å². The zero-order valence-electron chi connectivity index (χ0n) is 21.7.